The van der Waals surface area contributed by atoms with Crippen molar-refractivity contribution in [2.75, 3.05) is 11.1 Å². The first-order chi connectivity index (χ1) is 6.86. The summed E-state index contributed by atoms with van der Waals surface area (Å²) >= 11 is 6.80. The van der Waals surface area contributed by atoms with E-state index in [-0.39, 0.29) is 0 Å². The smallest absolute Gasteiger partial charge is 0.170 e. The molecule has 1 aromatic heterocycles. The van der Waals surface area contributed by atoms with E-state index in [2.05, 4.69) is 32.2 Å². The molecule has 1 heterocycles. The molecule has 1 aromatic rings. The van der Waals surface area contributed by atoms with Gasteiger partial charge in [0.1, 0.15) is 5.82 Å². The lowest BCUT2D eigenvalue weighted by Crippen LogP contribution is -1.83. The number of halogens is 1. The molecule has 0 aliphatic carbocycles. The highest BCUT2D eigenvalue weighted by Gasteiger charge is 2.01. The van der Waals surface area contributed by atoms with Gasteiger partial charge in [-0.05, 0) is 24.4 Å². The van der Waals surface area contributed by atoms with Crippen LogP contribution in [0.5, 0.6) is 0 Å². The molecule has 0 bridgehead atoms. The van der Waals surface area contributed by atoms with Crippen LogP contribution in [0.2, 0.25) is 0 Å². The zero-order valence-electron chi connectivity index (χ0n) is 8.33. The van der Waals surface area contributed by atoms with Gasteiger partial charge < -0.3 is 0 Å². The molecule has 0 fully saturated rings. The molecule has 1 rings (SSSR count). The maximum atomic E-state index is 4.41. The van der Waals surface area contributed by atoms with E-state index in [1.54, 1.807) is 0 Å². The van der Waals surface area contributed by atoms with Crippen LogP contribution in [0.15, 0.2) is 4.34 Å². The summed E-state index contributed by atoms with van der Waals surface area (Å²) in [5.74, 6) is 2.16. The zero-order chi connectivity index (χ0) is 10.2. The van der Waals surface area contributed by atoms with E-state index in [1.807, 2.05) is 11.8 Å². The summed E-state index contributed by atoms with van der Waals surface area (Å²) in [7, 11) is 0. The third kappa shape index (κ3) is 4.75. The Hall–Kier alpha value is 0.390. The van der Waals surface area contributed by atoms with E-state index < -0.39 is 0 Å². The number of unbranched alkanes of at least 4 members (excludes halogenated alkanes) is 2. The van der Waals surface area contributed by atoms with Crippen molar-refractivity contribution >= 4 is 39.2 Å². The standard InChI is InChI=1S/C9H15BrN2S2/c1-2-8-11-9(14-12-8)13-7-5-3-4-6-10/h2-7H2,1H3. The average Bonchev–Trinajstić information content (AvgIpc) is 2.65. The van der Waals surface area contributed by atoms with E-state index in [0.29, 0.717) is 0 Å². The second-order valence-electron chi connectivity index (χ2n) is 2.93. The summed E-state index contributed by atoms with van der Waals surface area (Å²) in [5, 5.41) is 1.12. The molecular formula is C9H15BrN2S2. The molecule has 0 radical (unpaired) electrons. The van der Waals surface area contributed by atoms with Gasteiger partial charge >= 0.3 is 0 Å². The second-order valence-corrected chi connectivity index (χ2v) is 5.82. The first-order valence-electron chi connectivity index (χ1n) is 4.88. The number of aryl methyl sites for hydroxylation is 1. The lowest BCUT2D eigenvalue weighted by atomic mass is 10.3. The fraction of sp³-hybridized carbons (Fsp3) is 0.778. The van der Waals surface area contributed by atoms with Gasteiger partial charge in [0.25, 0.3) is 0 Å². The van der Waals surface area contributed by atoms with Crippen molar-refractivity contribution in [2.45, 2.75) is 36.9 Å². The minimum Gasteiger partial charge on any atom is -0.213 e. The molecule has 0 aliphatic rings. The summed E-state index contributed by atoms with van der Waals surface area (Å²) in [4.78, 5) is 4.41. The van der Waals surface area contributed by atoms with Gasteiger partial charge in [0.15, 0.2) is 4.34 Å². The van der Waals surface area contributed by atoms with Crippen molar-refractivity contribution in [3.8, 4) is 0 Å². The Bertz CT molecular complexity index is 253. The summed E-state index contributed by atoms with van der Waals surface area (Å²) < 4.78 is 5.38. The van der Waals surface area contributed by atoms with E-state index in [9.17, 15) is 0 Å². The molecule has 0 saturated carbocycles. The van der Waals surface area contributed by atoms with Gasteiger partial charge in [-0.25, -0.2) is 4.98 Å². The van der Waals surface area contributed by atoms with Gasteiger partial charge in [0.2, 0.25) is 0 Å². The molecule has 0 atom stereocenters. The Morgan fingerprint density at radius 1 is 1.36 bits per heavy atom. The summed E-state index contributed by atoms with van der Waals surface area (Å²) in [6, 6.07) is 0. The Kier molecular flexibility index (Phi) is 6.81. The average molecular weight is 295 g/mol. The third-order valence-electron chi connectivity index (χ3n) is 1.77. The Labute approximate surface area is 102 Å². The minimum atomic E-state index is 0.945. The van der Waals surface area contributed by atoms with Crippen LogP contribution in [0, 0.1) is 0 Å². The molecule has 0 N–H and O–H groups in total. The van der Waals surface area contributed by atoms with Crippen molar-refractivity contribution in [3.05, 3.63) is 5.82 Å². The topological polar surface area (TPSA) is 25.8 Å². The lowest BCUT2D eigenvalue weighted by Gasteiger charge is -1.95. The molecule has 0 aliphatic heterocycles. The van der Waals surface area contributed by atoms with Gasteiger partial charge in [0.05, 0.1) is 0 Å². The second kappa shape index (κ2) is 7.65. The van der Waals surface area contributed by atoms with Crippen LogP contribution >= 0.6 is 39.2 Å². The van der Waals surface area contributed by atoms with Crippen molar-refractivity contribution < 1.29 is 0 Å². The van der Waals surface area contributed by atoms with E-state index in [0.717, 1.165) is 21.9 Å². The predicted molar refractivity (Wildman–Crippen MR) is 67.7 cm³/mol. The van der Waals surface area contributed by atoms with E-state index >= 15 is 0 Å². The molecule has 5 heteroatoms. The maximum absolute atomic E-state index is 4.41. The van der Waals surface area contributed by atoms with E-state index in [1.165, 1.54) is 36.5 Å². The number of nitrogens with zero attached hydrogens (tertiary/aromatic N) is 2. The summed E-state index contributed by atoms with van der Waals surface area (Å²) in [6.07, 6.45) is 4.80. The number of alkyl halides is 1. The molecule has 2 nitrogen and oxygen atoms in total. The van der Waals surface area contributed by atoms with Crippen molar-refractivity contribution in [3.63, 3.8) is 0 Å². The SMILES string of the molecule is CCc1nsc(SCCCCCBr)n1. The van der Waals surface area contributed by atoms with Crippen molar-refractivity contribution in [1.82, 2.24) is 9.36 Å². The highest BCUT2D eigenvalue weighted by atomic mass is 79.9. The zero-order valence-corrected chi connectivity index (χ0v) is 11.6. The molecule has 0 amide bonds. The molecule has 0 saturated heterocycles. The molecule has 0 unspecified atom stereocenters. The minimum absolute atomic E-state index is 0.945. The molecular weight excluding hydrogens is 280 g/mol. The Morgan fingerprint density at radius 2 is 2.21 bits per heavy atom. The Balaban J connectivity index is 2.12. The number of hydrogen-bond donors (Lipinski definition) is 0. The van der Waals surface area contributed by atoms with Crippen molar-refractivity contribution in [1.29, 1.82) is 0 Å². The largest absolute Gasteiger partial charge is 0.213 e. The molecule has 0 spiro atoms. The van der Waals surface area contributed by atoms with E-state index in [4.69, 9.17) is 0 Å². The monoisotopic (exact) mass is 294 g/mol. The van der Waals surface area contributed by atoms with Gasteiger partial charge in [-0.3, -0.25) is 0 Å². The predicted octanol–water partition coefficient (Wildman–Crippen LogP) is 3.76. The van der Waals surface area contributed by atoms with Crippen LogP contribution < -0.4 is 0 Å². The molecule has 14 heavy (non-hydrogen) atoms. The number of rotatable bonds is 7. The summed E-state index contributed by atoms with van der Waals surface area (Å²) in [5.41, 5.74) is 0. The van der Waals surface area contributed by atoms with Crippen LogP contribution in [0.1, 0.15) is 32.0 Å². The van der Waals surface area contributed by atoms with Gasteiger partial charge in [0, 0.05) is 17.5 Å². The van der Waals surface area contributed by atoms with Gasteiger partial charge in [-0.1, -0.05) is 41.0 Å². The number of hydrogen-bond acceptors (Lipinski definition) is 4. The van der Waals surface area contributed by atoms with Crippen LogP contribution in [0.4, 0.5) is 0 Å². The normalized spacial score (nSPS) is 10.7. The molecule has 80 valence electrons. The van der Waals surface area contributed by atoms with Crippen molar-refractivity contribution in [2.24, 2.45) is 0 Å². The van der Waals surface area contributed by atoms with Gasteiger partial charge in [-0.2, -0.15) is 4.37 Å². The fourth-order valence-corrected chi connectivity index (χ4v) is 3.13. The quantitative estimate of drug-likeness (QED) is 0.435. The van der Waals surface area contributed by atoms with Crippen LogP contribution in [-0.4, -0.2) is 20.4 Å². The van der Waals surface area contributed by atoms with Gasteiger partial charge in [-0.15, -0.1) is 0 Å². The highest BCUT2D eigenvalue weighted by molar-refractivity contribution is 9.09. The number of aromatic nitrogens is 2. The summed E-state index contributed by atoms with van der Waals surface area (Å²) in [6.45, 7) is 2.09. The van der Waals surface area contributed by atoms with Crippen LogP contribution in [0.25, 0.3) is 0 Å². The highest BCUT2D eigenvalue weighted by Crippen LogP contribution is 2.21. The van der Waals surface area contributed by atoms with Crippen LogP contribution in [0.3, 0.4) is 0 Å². The third-order valence-corrected chi connectivity index (χ3v) is 4.29. The number of thioether (sulfide) groups is 1. The molecule has 0 aromatic carbocycles. The first kappa shape index (κ1) is 12.5. The lowest BCUT2D eigenvalue weighted by molar-refractivity contribution is 0.788. The fourth-order valence-electron chi connectivity index (χ4n) is 0.973. The maximum Gasteiger partial charge on any atom is 0.170 e. The first-order valence-corrected chi connectivity index (χ1v) is 7.76. The Morgan fingerprint density at radius 3 is 2.86 bits per heavy atom. The van der Waals surface area contributed by atoms with Crippen LogP contribution in [-0.2, 0) is 6.42 Å².